The van der Waals surface area contributed by atoms with Crippen LogP contribution in [0.3, 0.4) is 0 Å². The predicted molar refractivity (Wildman–Crippen MR) is 83.6 cm³/mol. The van der Waals surface area contributed by atoms with Crippen LogP contribution < -0.4 is 5.32 Å². The molecule has 1 saturated carbocycles. The first-order valence-electron chi connectivity index (χ1n) is 8.67. The van der Waals surface area contributed by atoms with Gasteiger partial charge in [-0.2, -0.15) is 0 Å². The quantitative estimate of drug-likeness (QED) is 0.839. The number of amides is 1. The Morgan fingerprint density at radius 2 is 1.70 bits per heavy atom. The minimum Gasteiger partial charge on any atom is -0.343 e. The lowest BCUT2D eigenvalue weighted by Crippen LogP contribution is -2.39. The number of hydrogen-bond donors (Lipinski definition) is 1. The van der Waals surface area contributed by atoms with Crippen LogP contribution in [0.4, 0.5) is 0 Å². The molecule has 0 radical (unpaired) electrons. The maximum absolute atomic E-state index is 12.3. The van der Waals surface area contributed by atoms with Gasteiger partial charge in [-0.05, 0) is 69.9 Å². The molecule has 1 amide bonds. The molecule has 3 nitrogen and oxygen atoms in total. The van der Waals surface area contributed by atoms with Crippen LogP contribution in [0.2, 0.25) is 0 Å². The lowest BCUT2D eigenvalue weighted by molar-refractivity contribution is -0.133. The van der Waals surface area contributed by atoms with E-state index in [1.807, 2.05) is 7.05 Å². The fourth-order valence-corrected chi connectivity index (χ4v) is 3.82. The SMILES string of the molecule is CCC1CCC(N(C)C(=O)CCC2CCNCC2)CC1. The Labute approximate surface area is 124 Å². The average Bonchev–Trinajstić information content (AvgIpc) is 2.53. The van der Waals surface area contributed by atoms with Crippen LogP contribution >= 0.6 is 0 Å². The van der Waals surface area contributed by atoms with E-state index in [1.165, 1.54) is 44.9 Å². The summed E-state index contributed by atoms with van der Waals surface area (Å²) in [4.78, 5) is 14.4. The van der Waals surface area contributed by atoms with Gasteiger partial charge in [0.15, 0.2) is 0 Å². The molecule has 0 aromatic rings. The lowest BCUT2D eigenvalue weighted by atomic mass is 9.84. The molecule has 0 unspecified atom stereocenters. The molecule has 1 N–H and O–H groups in total. The number of piperidine rings is 1. The largest absolute Gasteiger partial charge is 0.343 e. The normalized spacial score (nSPS) is 28.3. The van der Waals surface area contributed by atoms with Crippen LogP contribution in [0.5, 0.6) is 0 Å². The van der Waals surface area contributed by atoms with Crippen LogP contribution in [-0.4, -0.2) is 37.0 Å². The van der Waals surface area contributed by atoms with Crippen LogP contribution in [-0.2, 0) is 4.79 Å². The summed E-state index contributed by atoms with van der Waals surface area (Å²) >= 11 is 0. The Bertz CT molecular complexity index is 291. The first kappa shape index (κ1) is 15.8. The molecule has 1 aliphatic carbocycles. The molecule has 0 aromatic carbocycles. The molecule has 1 aliphatic heterocycles. The topological polar surface area (TPSA) is 32.3 Å². The minimum absolute atomic E-state index is 0.378. The standard InChI is InChI=1S/C17H32N2O/c1-3-14-4-7-16(8-5-14)19(2)17(20)9-6-15-10-12-18-13-11-15/h14-16,18H,3-13H2,1-2H3. The number of hydrogen-bond acceptors (Lipinski definition) is 2. The molecule has 2 aliphatic rings. The second kappa shape index (κ2) is 8.02. The lowest BCUT2D eigenvalue weighted by Gasteiger charge is -2.35. The maximum atomic E-state index is 12.3. The van der Waals surface area contributed by atoms with E-state index >= 15 is 0 Å². The van der Waals surface area contributed by atoms with Crippen molar-refractivity contribution >= 4 is 5.91 Å². The van der Waals surface area contributed by atoms with Gasteiger partial charge < -0.3 is 10.2 Å². The third kappa shape index (κ3) is 4.47. The Morgan fingerprint density at radius 3 is 2.30 bits per heavy atom. The van der Waals surface area contributed by atoms with Crippen molar-refractivity contribution in [3.63, 3.8) is 0 Å². The molecule has 0 aromatic heterocycles. The van der Waals surface area contributed by atoms with Gasteiger partial charge in [0.25, 0.3) is 0 Å². The molecule has 0 bridgehead atoms. The summed E-state index contributed by atoms with van der Waals surface area (Å²) < 4.78 is 0. The molecule has 2 rings (SSSR count). The van der Waals surface area contributed by atoms with Crippen molar-refractivity contribution in [3.8, 4) is 0 Å². The zero-order valence-electron chi connectivity index (χ0n) is 13.4. The summed E-state index contributed by atoms with van der Waals surface area (Å²) in [5.41, 5.74) is 0. The van der Waals surface area contributed by atoms with Crippen molar-refractivity contribution < 1.29 is 4.79 Å². The van der Waals surface area contributed by atoms with Crippen molar-refractivity contribution in [2.75, 3.05) is 20.1 Å². The van der Waals surface area contributed by atoms with Gasteiger partial charge in [0.05, 0.1) is 0 Å². The highest BCUT2D eigenvalue weighted by molar-refractivity contribution is 5.76. The van der Waals surface area contributed by atoms with Crippen LogP contribution in [0.25, 0.3) is 0 Å². The van der Waals surface area contributed by atoms with E-state index in [4.69, 9.17) is 0 Å². The van der Waals surface area contributed by atoms with Gasteiger partial charge >= 0.3 is 0 Å². The molecular weight excluding hydrogens is 248 g/mol. The molecule has 1 saturated heterocycles. The van der Waals surface area contributed by atoms with Gasteiger partial charge in [-0.1, -0.05) is 13.3 Å². The van der Waals surface area contributed by atoms with E-state index in [2.05, 4.69) is 17.1 Å². The second-order valence-corrected chi connectivity index (χ2v) is 6.82. The molecule has 116 valence electrons. The highest BCUT2D eigenvalue weighted by Crippen LogP contribution is 2.29. The first-order chi connectivity index (χ1) is 9.70. The van der Waals surface area contributed by atoms with E-state index in [0.717, 1.165) is 37.8 Å². The third-order valence-electron chi connectivity index (χ3n) is 5.56. The first-order valence-corrected chi connectivity index (χ1v) is 8.67. The van der Waals surface area contributed by atoms with Crippen molar-refractivity contribution in [2.45, 2.75) is 70.8 Å². The van der Waals surface area contributed by atoms with Crippen LogP contribution in [0.15, 0.2) is 0 Å². The molecule has 2 fully saturated rings. The van der Waals surface area contributed by atoms with Gasteiger partial charge in [0.1, 0.15) is 0 Å². The van der Waals surface area contributed by atoms with Crippen molar-refractivity contribution in [1.29, 1.82) is 0 Å². The fourth-order valence-electron chi connectivity index (χ4n) is 3.82. The zero-order valence-corrected chi connectivity index (χ0v) is 13.4. The van der Waals surface area contributed by atoms with E-state index in [0.29, 0.717) is 11.9 Å². The summed E-state index contributed by atoms with van der Waals surface area (Å²) in [6.45, 7) is 4.56. The fraction of sp³-hybridized carbons (Fsp3) is 0.941. The van der Waals surface area contributed by atoms with Gasteiger partial charge in [0, 0.05) is 19.5 Å². The molecular formula is C17H32N2O. The number of carbonyl (C=O) groups excluding carboxylic acids is 1. The van der Waals surface area contributed by atoms with E-state index in [9.17, 15) is 4.79 Å². The minimum atomic E-state index is 0.378. The number of nitrogens with one attached hydrogen (secondary N) is 1. The predicted octanol–water partition coefficient (Wildman–Crippen LogP) is 3.19. The molecule has 20 heavy (non-hydrogen) atoms. The Hall–Kier alpha value is -0.570. The third-order valence-corrected chi connectivity index (χ3v) is 5.56. The summed E-state index contributed by atoms with van der Waals surface area (Å²) in [5.74, 6) is 2.05. The Kier molecular flexibility index (Phi) is 6.34. The van der Waals surface area contributed by atoms with E-state index < -0.39 is 0 Å². The monoisotopic (exact) mass is 280 g/mol. The van der Waals surface area contributed by atoms with E-state index in [-0.39, 0.29) is 0 Å². The molecule has 3 heteroatoms. The van der Waals surface area contributed by atoms with Crippen LogP contribution in [0, 0.1) is 11.8 Å². The van der Waals surface area contributed by atoms with Crippen LogP contribution in [0.1, 0.15) is 64.7 Å². The highest BCUT2D eigenvalue weighted by atomic mass is 16.2. The Balaban J connectivity index is 1.69. The van der Waals surface area contributed by atoms with Crippen molar-refractivity contribution in [3.05, 3.63) is 0 Å². The summed E-state index contributed by atoms with van der Waals surface area (Å²) in [5, 5.41) is 3.39. The molecule has 1 heterocycles. The summed E-state index contributed by atoms with van der Waals surface area (Å²) in [6.07, 6.45) is 10.7. The second-order valence-electron chi connectivity index (χ2n) is 6.82. The van der Waals surface area contributed by atoms with Gasteiger partial charge in [-0.25, -0.2) is 0 Å². The Morgan fingerprint density at radius 1 is 1.05 bits per heavy atom. The van der Waals surface area contributed by atoms with E-state index in [1.54, 1.807) is 0 Å². The highest BCUT2D eigenvalue weighted by Gasteiger charge is 2.26. The smallest absolute Gasteiger partial charge is 0.222 e. The van der Waals surface area contributed by atoms with Crippen molar-refractivity contribution in [2.24, 2.45) is 11.8 Å². The van der Waals surface area contributed by atoms with Gasteiger partial charge in [0.2, 0.25) is 5.91 Å². The summed E-state index contributed by atoms with van der Waals surface area (Å²) in [7, 11) is 2.03. The van der Waals surface area contributed by atoms with Gasteiger partial charge in [-0.3, -0.25) is 4.79 Å². The van der Waals surface area contributed by atoms with Crippen molar-refractivity contribution in [1.82, 2.24) is 10.2 Å². The summed E-state index contributed by atoms with van der Waals surface area (Å²) in [6, 6.07) is 0.512. The average molecular weight is 280 g/mol. The molecule has 0 spiro atoms. The van der Waals surface area contributed by atoms with Gasteiger partial charge in [-0.15, -0.1) is 0 Å². The number of nitrogens with zero attached hydrogens (tertiary/aromatic N) is 1. The molecule has 0 atom stereocenters. The number of carbonyl (C=O) groups is 1. The maximum Gasteiger partial charge on any atom is 0.222 e. The zero-order chi connectivity index (χ0) is 14.4. The number of rotatable bonds is 5.